The third-order valence-corrected chi connectivity index (χ3v) is 10.7. The molecule has 4 aromatic rings. The Bertz CT molecular complexity index is 2110. The molecule has 3 aliphatic rings. The number of nitrogens with zero attached hydrogens (tertiary/aromatic N) is 5. The molecule has 3 aliphatic heterocycles. The molecular weight excluding hydrogens is 704 g/mol. The second-order valence-corrected chi connectivity index (χ2v) is 15.2. The van der Waals surface area contributed by atoms with Crippen LogP contribution in [0.25, 0.3) is 10.9 Å². The predicted molar refractivity (Wildman–Crippen MR) is 201 cm³/mol. The van der Waals surface area contributed by atoms with Gasteiger partial charge < -0.3 is 26.1 Å². The minimum absolute atomic E-state index is 0.0560. The molecule has 1 atom stereocenters. The number of amides is 1. The molecule has 14 heteroatoms. The summed E-state index contributed by atoms with van der Waals surface area (Å²) < 4.78 is 14.0. The van der Waals surface area contributed by atoms with Crippen LogP contribution in [0.4, 0.5) is 21.5 Å². The number of hydrogen-bond donors (Lipinski definition) is 5. The summed E-state index contributed by atoms with van der Waals surface area (Å²) >= 11 is 13.0. The Morgan fingerprint density at radius 1 is 1.12 bits per heavy atom. The van der Waals surface area contributed by atoms with E-state index in [4.69, 9.17) is 23.2 Å². The largest absolute Gasteiger partial charge is 0.387 e. The molecule has 0 spiro atoms. The van der Waals surface area contributed by atoms with Crippen molar-refractivity contribution in [3.05, 3.63) is 105 Å². The highest BCUT2D eigenvalue weighted by Crippen LogP contribution is 2.39. The molecule has 4 heterocycles. The zero-order chi connectivity index (χ0) is 36.7. The maximum absolute atomic E-state index is 14.0. The quantitative estimate of drug-likeness (QED) is 0.133. The van der Waals surface area contributed by atoms with Gasteiger partial charge in [-0.05, 0) is 80.6 Å². The molecule has 5 N–H and O–H groups in total. The Morgan fingerprint density at radius 2 is 1.88 bits per heavy atom. The fourth-order valence-electron chi connectivity index (χ4n) is 7.27. The van der Waals surface area contributed by atoms with E-state index in [0.717, 1.165) is 48.3 Å². The second-order valence-electron chi connectivity index (χ2n) is 14.4. The summed E-state index contributed by atoms with van der Waals surface area (Å²) in [5, 5.41) is 29.6. The van der Waals surface area contributed by atoms with Gasteiger partial charge in [-0.1, -0.05) is 41.4 Å². The number of pyridine rings is 1. The number of fused-ring (bicyclic) bond motifs is 2. The number of likely N-dealkylation sites (tertiary alicyclic amines) is 1. The summed E-state index contributed by atoms with van der Waals surface area (Å²) in [6.07, 6.45) is 5.54. The lowest BCUT2D eigenvalue weighted by Gasteiger charge is -2.42. The van der Waals surface area contributed by atoms with Crippen molar-refractivity contribution in [1.82, 2.24) is 30.8 Å². The van der Waals surface area contributed by atoms with Crippen molar-refractivity contribution < 1.29 is 14.3 Å². The van der Waals surface area contributed by atoms with Crippen molar-refractivity contribution in [2.45, 2.75) is 64.3 Å². The van der Waals surface area contributed by atoms with Gasteiger partial charge in [0, 0.05) is 66.9 Å². The van der Waals surface area contributed by atoms with Crippen molar-refractivity contribution in [3.8, 4) is 6.07 Å². The Morgan fingerprint density at radius 3 is 2.60 bits per heavy atom. The minimum atomic E-state index is -0.556. The van der Waals surface area contributed by atoms with Crippen LogP contribution in [0.1, 0.15) is 61.9 Å². The van der Waals surface area contributed by atoms with Gasteiger partial charge in [-0.15, -0.1) is 5.53 Å². The molecule has 7 rings (SSSR count). The van der Waals surface area contributed by atoms with Crippen molar-refractivity contribution in [3.63, 3.8) is 0 Å². The average molecular weight is 745 g/mol. The number of aromatic nitrogens is 1. The monoisotopic (exact) mass is 743 g/mol. The summed E-state index contributed by atoms with van der Waals surface area (Å²) in [7, 11) is 0. The van der Waals surface area contributed by atoms with E-state index in [0.29, 0.717) is 46.1 Å². The highest BCUT2D eigenvalue weighted by molar-refractivity contribution is 6.36. The molecule has 0 radical (unpaired) electrons. The van der Waals surface area contributed by atoms with Crippen molar-refractivity contribution >= 4 is 57.1 Å². The Hall–Kier alpha value is -4.64. The first-order valence-corrected chi connectivity index (χ1v) is 18.0. The van der Waals surface area contributed by atoms with Crippen LogP contribution in [0.2, 0.25) is 10.0 Å². The predicted octanol–water partition coefficient (Wildman–Crippen LogP) is 6.71. The molecule has 0 unspecified atom stereocenters. The molecule has 1 saturated heterocycles. The number of hydrogen-bond acceptors (Lipinski definition) is 10. The molecule has 0 aliphatic carbocycles. The van der Waals surface area contributed by atoms with Crippen molar-refractivity contribution in [2.24, 2.45) is 0 Å². The number of aliphatic hydroxyl groups is 1. The van der Waals surface area contributed by atoms with Crippen LogP contribution in [0.3, 0.4) is 0 Å². The Kier molecular flexibility index (Phi) is 9.91. The molecule has 52 heavy (non-hydrogen) atoms. The second kappa shape index (κ2) is 14.4. The average Bonchev–Trinajstić information content (AvgIpc) is 3.80. The van der Waals surface area contributed by atoms with Gasteiger partial charge in [0.25, 0.3) is 0 Å². The van der Waals surface area contributed by atoms with E-state index in [-0.39, 0.29) is 28.1 Å². The fraction of sp³-hybridized carbons (Fsp3) is 0.342. The summed E-state index contributed by atoms with van der Waals surface area (Å²) in [6, 6.07) is 16.0. The SMILES string of the molecule is CC(C)(C)N1CCC(N2C=C([C@@H](Nc3cc(Cl)c4ncc(C#N)c(Nc5ccc(F)c(Cl)c5)c4c3)c3cccc4c3CN(C(=O)CO)C4)NN2)CC1. The van der Waals surface area contributed by atoms with Crippen LogP contribution >= 0.6 is 23.2 Å². The van der Waals surface area contributed by atoms with Gasteiger partial charge in [-0.3, -0.25) is 19.7 Å². The lowest BCUT2D eigenvalue weighted by Crippen LogP contribution is -2.52. The van der Waals surface area contributed by atoms with Gasteiger partial charge in [0.05, 0.1) is 38.6 Å². The zero-order valence-corrected chi connectivity index (χ0v) is 30.6. The number of halogens is 3. The molecule has 270 valence electrons. The highest BCUT2D eigenvalue weighted by atomic mass is 35.5. The maximum Gasteiger partial charge on any atom is 0.248 e. The van der Waals surface area contributed by atoms with Crippen LogP contribution < -0.4 is 21.6 Å². The number of aliphatic hydroxyl groups excluding tert-OH is 1. The lowest BCUT2D eigenvalue weighted by atomic mass is 9.95. The highest BCUT2D eigenvalue weighted by Gasteiger charge is 2.34. The molecule has 11 nitrogen and oxygen atoms in total. The van der Waals surface area contributed by atoms with E-state index in [2.05, 4.69) is 69.5 Å². The van der Waals surface area contributed by atoms with Crippen LogP contribution in [-0.2, 0) is 17.9 Å². The third kappa shape index (κ3) is 7.07. The first-order valence-electron chi connectivity index (χ1n) is 17.2. The zero-order valence-electron chi connectivity index (χ0n) is 29.1. The number of nitriles is 1. The first-order chi connectivity index (χ1) is 24.9. The van der Waals surface area contributed by atoms with Gasteiger partial charge in [-0.2, -0.15) is 5.26 Å². The topological polar surface area (TPSA) is 132 Å². The molecule has 0 bridgehead atoms. The normalized spacial score (nSPS) is 17.1. The third-order valence-electron chi connectivity index (χ3n) is 10.1. The summed E-state index contributed by atoms with van der Waals surface area (Å²) in [6.45, 7) is 8.95. The van der Waals surface area contributed by atoms with E-state index >= 15 is 0 Å². The molecular formula is C38H40Cl2FN9O2. The number of nitrogens with one attached hydrogen (secondary N) is 4. The molecule has 0 saturated carbocycles. The van der Waals surface area contributed by atoms with Gasteiger partial charge in [0.2, 0.25) is 5.91 Å². The van der Waals surface area contributed by atoms with E-state index in [1.165, 1.54) is 18.3 Å². The van der Waals surface area contributed by atoms with E-state index < -0.39 is 18.5 Å². The summed E-state index contributed by atoms with van der Waals surface area (Å²) in [4.78, 5) is 21.2. The lowest BCUT2D eigenvalue weighted by molar-refractivity contribution is -0.134. The summed E-state index contributed by atoms with van der Waals surface area (Å²) in [5.41, 5.74) is 13.1. The standard InChI is InChI=1S/C38H40Cl2FN9O2/c1-38(2,3)49-11-9-26(10-12-49)50-20-33(46-47-50)37(27-6-4-5-22-18-48(19-29(22)27)34(52)21-51)45-25-13-28-35(44-24-7-8-32(41)30(39)14-24)23(16-42)17-43-36(28)31(40)15-25/h4-8,13-15,17,20,26,37,45-47,51H,9-12,18-19,21H2,1-3H3,(H,43,44)/t37-/m0/s1. The number of hydrazine groups is 2. The minimum Gasteiger partial charge on any atom is -0.387 e. The number of carbonyl (C=O) groups is 1. The number of rotatable bonds is 8. The maximum atomic E-state index is 14.0. The number of anilines is 3. The van der Waals surface area contributed by atoms with Crippen molar-refractivity contribution in [2.75, 3.05) is 30.3 Å². The van der Waals surface area contributed by atoms with Gasteiger partial charge >= 0.3 is 0 Å². The van der Waals surface area contributed by atoms with E-state index in [1.54, 1.807) is 17.0 Å². The smallest absolute Gasteiger partial charge is 0.248 e. The first kappa shape index (κ1) is 35.7. The van der Waals surface area contributed by atoms with Crippen molar-refractivity contribution in [1.29, 1.82) is 5.26 Å². The van der Waals surface area contributed by atoms with Crippen LogP contribution in [0, 0.1) is 17.1 Å². The Balaban J connectivity index is 1.27. The fourth-order valence-corrected chi connectivity index (χ4v) is 7.72. The number of benzene rings is 3. The molecule has 3 aromatic carbocycles. The van der Waals surface area contributed by atoms with Gasteiger partial charge in [-0.25, -0.2) is 4.39 Å². The van der Waals surface area contributed by atoms with Crippen LogP contribution in [0.15, 0.2) is 66.6 Å². The van der Waals surface area contributed by atoms with Crippen LogP contribution in [0.5, 0.6) is 0 Å². The number of carbonyl (C=O) groups excluding carboxylic acids is 1. The van der Waals surface area contributed by atoms with E-state index in [9.17, 15) is 19.6 Å². The van der Waals surface area contributed by atoms with Gasteiger partial charge in [0.1, 0.15) is 18.5 Å². The van der Waals surface area contributed by atoms with Gasteiger partial charge in [0.15, 0.2) is 0 Å². The molecule has 1 fully saturated rings. The number of piperidine rings is 1. The summed E-state index contributed by atoms with van der Waals surface area (Å²) in [5.74, 6) is -0.883. The molecule has 1 aromatic heterocycles. The van der Waals surface area contributed by atoms with Crippen LogP contribution in [-0.4, -0.2) is 62.1 Å². The Labute approximate surface area is 311 Å². The molecule has 1 amide bonds. The van der Waals surface area contributed by atoms with E-state index in [1.807, 2.05) is 24.3 Å².